The Morgan fingerprint density at radius 1 is 1.18 bits per heavy atom. The van der Waals surface area contributed by atoms with E-state index in [9.17, 15) is 4.79 Å². The first-order valence-corrected chi connectivity index (χ1v) is 9.17. The predicted molar refractivity (Wildman–Crippen MR) is 107 cm³/mol. The Balaban J connectivity index is 1.95. The van der Waals surface area contributed by atoms with Crippen molar-refractivity contribution < 1.29 is 9.53 Å². The number of methoxy groups -OCH3 is 1. The van der Waals surface area contributed by atoms with Crippen LogP contribution < -0.4 is 10.1 Å². The summed E-state index contributed by atoms with van der Waals surface area (Å²) in [5, 5.41) is 7.62. The second-order valence-corrected chi connectivity index (χ2v) is 7.86. The average molecular weight is 381 g/mol. The Kier molecular flexibility index (Phi) is 5.27. The molecule has 1 unspecified atom stereocenters. The summed E-state index contributed by atoms with van der Waals surface area (Å²) in [7, 11) is 5.32. The van der Waals surface area contributed by atoms with Gasteiger partial charge in [-0.2, -0.15) is 5.10 Å². The van der Waals surface area contributed by atoms with Gasteiger partial charge in [0.25, 0.3) is 5.91 Å². The fraction of sp³-hybridized carbons (Fsp3) is 0.381. The first-order chi connectivity index (χ1) is 13.2. The van der Waals surface area contributed by atoms with E-state index in [4.69, 9.17) is 4.74 Å². The molecule has 2 aromatic heterocycles. The number of benzene rings is 1. The van der Waals surface area contributed by atoms with Gasteiger partial charge in [0, 0.05) is 31.9 Å². The molecule has 1 amide bonds. The van der Waals surface area contributed by atoms with Gasteiger partial charge in [-0.25, -0.2) is 4.98 Å². The molecule has 0 fully saturated rings. The third-order valence-electron chi connectivity index (χ3n) is 4.72. The molecule has 7 nitrogen and oxygen atoms in total. The van der Waals surface area contributed by atoms with Gasteiger partial charge in [0.05, 0.1) is 12.8 Å². The Morgan fingerprint density at radius 3 is 2.36 bits per heavy atom. The van der Waals surface area contributed by atoms with Gasteiger partial charge in [-0.1, -0.05) is 32.9 Å². The fourth-order valence-electron chi connectivity index (χ4n) is 3.00. The lowest BCUT2D eigenvalue weighted by atomic mass is 9.92. The van der Waals surface area contributed by atoms with E-state index in [1.165, 1.54) is 0 Å². The molecule has 1 atom stereocenters. The molecule has 3 aromatic rings. The maximum absolute atomic E-state index is 13.1. The number of carbonyl (C=O) groups excluding carboxylic acids is 1. The van der Waals surface area contributed by atoms with E-state index in [1.54, 1.807) is 25.0 Å². The Hall–Kier alpha value is -3.09. The number of carbonyl (C=O) groups is 1. The lowest BCUT2D eigenvalue weighted by molar-refractivity contribution is 0.0931. The third kappa shape index (κ3) is 3.93. The lowest BCUT2D eigenvalue weighted by Crippen LogP contribution is -2.32. The van der Waals surface area contributed by atoms with Crippen LogP contribution in [0.4, 0.5) is 0 Å². The van der Waals surface area contributed by atoms with Gasteiger partial charge in [0.1, 0.15) is 23.3 Å². The van der Waals surface area contributed by atoms with Crippen molar-refractivity contribution in [2.45, 2.75) is 32.2 Å². The summed E-state index contributed by atoms with van der Waals surface area (Å²) in [6.07, 6.45) is 3.58. The van der Waals surface area contributed by atoms with Gasteiger partial charge in [0.2, 0.25) is 0 Å². The highest BCUT2D eigenvalue weighted by Crippen LogP contribution is 2.25. The van der Waals surface area contributed by atoms with Crippen molar-refractivity contribution in [3.05, 3.63) is 65.5 Å². The molecule has 0 aliphatic heterocycles. The molecule has 3 rings (SSSR count). The van der Waals surface area contributed by atoms with Crippen LogP contribution in [0.1, 0.15) is 54.4 Å². The molecule has 0 saturated carbocycles. The molecule has 0 spiro atoms. The normalized spacial score (nSPS) is 12.6. The molecule has 0 aliphatic carbocycles. The summed E-state index contributed by atoms with van der Waals surface area (Å²) < 4.78 is 8.77. The molecule has 0 radical (unpaired) electrons. The molecule has 1 aromatic carbocycles. The minimum atomic E-state index is -0.397. The van der Waals surface area contributed by atoms with Gasteiger partial charge in [-0.3, -0.25) is 9.48 Å². The van der Waals surface area contributed by atoms with Crippen LogP contribution in [0.15, 0.2) is 42.7 Å². The third-order valence-corrected chi connectivity index (χ3v) is 4.72. The molecule has 0 aliphatic rings. The number of nitrogens with one attached hydrogen (secondary N) is 1. The SMILES string of the molecule is COc1ccc(C(NC(=O)c2cc(C(C)(C)C)nn2C)c2nccn2C)cc1. The molecular formula is C21H27N5O2. The molecule has 7 heteroatoms. The van der Waals surface area contributed by atoms with Crippen LogP contribution >= 0.6 is 0 Å². The standard InChI is InChI=1S/C21H27N5O2/c1-21(2,3)17-13-16(26(5)24-17)20(27)23-18(19-22-11-12-25(19)4)14-7-9-15(28-6)10-8-14/h7-13,18H,1-6H3,(H,23,27). The Morgan fingerprint density at radius 2 is 1.86 bits per heavy atom. The van der Waals surface area contributed by atoms with Crippen LogP contribution in [-0.2, 0) is 19.5 Å². The van der Waals surface area contributed by atoms with E-state index >= 15 is 0 Å². The summed E-state index contributed by atoms with van der Waals surface area (Å²) in [4.78, 5) is 17.5. The Bertz CT molecular complexity index is 964. The van der Waals surface area contributed by atoms with Crippen molar-refractivity contribution in [1.82, 2.24) is 24.6 Å². The van der Waals surface area contributed by atoms with Crippen LogP contribution in [-0.4, -0.2) is 32.3 Å². The molecule has 28 heavy (non-hydrogen) atoms. The highest BCUT2D eigenvalue weighted by Gasteiger charge is 2.25. The minimum absolute atomic E-state index is 0.134. The van der Waals surface area contributed by atoms with E-state index in [0.717, 1.165) is 22.8 Å². The first-order valence-electron chi connectivity index (χ1n) is 9.17. The number of aryl methyl sites for hydroxylation is 2. The topological polar surface area (TPSA) is 74.0 Å². The quantitative estimate of drug-likeness (QED) is 0.737. The van der Waals surface area contributed by atoms with Gasteiger partial charge in [-0.05, 0) is 23.8 Å². The minimum Gasteiger partial charge on any atom is -0.497 e. The van der Waals surface area contributed by atoms with Crippen molar-refractivity contribution in [1.29, 1.82) is 0 Å². The zero-order valence-electron chi connectivity index (χ0n) is 17.2. The summed E-state index contributed by atoms with van der Waals surface area (Å²) in [5.74, 6) is 1.31. The van der Waals surface area contributed by atoms with E-state index in [0.29, 0.717) is 5.69 Å². The van der Waals surface area contributed by atoms with Gasteiger partial charge < -0.3 is 14.6 Å². The number of hydrogen-bond donors (Lipinski definition) is 1. The van der Waals surface area contributed by atoms with Crippen molar-refractivity contribution >= 4 is 5.91 Å². The zero-order valence-corrected chi connectivity index (χ0v) is 17.2. The average Bonchev–Trinajstić information content (AvgIpc) is 3.25. The molecule has 0 saturated heterocycles. The van der Waals surface area contributed by atoms with Crippen molar-refractivity contribution in [2.24, 2.45) is 14.1 Å². The number of amides is 1. The fourth-order valence-corrected chi connectivity index (χ4v) is 3.00. The number of imidazole rings is 1. The molecule has 148 valence electrons. The number of ether oxygens (including phenoxy) is 1. The van der Waals surface area contributed by atoms with Crippen LogP contribution in [0.5, 0.6) is 5.75 Å². The first kappa shape index (κ1) is 19.7. The smallest absolute Gasteiger partial charge is 0.270 e. The van der Waals surface area contributed by atoms with E-state index in [2.05, 4.69) is 36.2 Å². The summed E-state index contributed by atoms with van der Waals surface area (Å²) in [6.45, 7) is 6.22. The largest absolute Gasteiger partial charge is 0.497 e. The van der Waals surface area contributed by atoms with Crippen molar-refractivity contribution in [3.8, 4) is 5.75 Å². The Labute approximate surface area is 165 Å². The maximum Gasteiger partial charge on any atom is 0.270 e. The molecule has 0 bridgehead atoms. The maximum atomic E-state index is 13.1. The summed E-state index contributed by atoms with van der Waals surface area (Å²) in [5.41, 5.74) is 2.17. The number of hydrogen-bond acceptors (Lipinski definition) is 4. The monoisotopic (exact) mass is 381 g/mol. The number of nitrogens with zero attached hydrogens (tertiary/aromatic N) is 4. The van der Waals surface area contributed by atoms with E-state index in [-0.39, 0.29) is 11.3 Å². The van der Waals surface area contributed by atoms with Crippen LogP contribution in [0, 0.1) is 0 Å². The summed E-state index contributed by atoms with van der Waals surface area (Å²) in [6, 6.07) is 9.06. The lowest BCUT2D eigenvalue weighted by Gasteiger charge is -2.19. The second kappa shape index (κ2) is 7.50. The van der Waals surface area contributed by atoms with E-state index < -0.39 is 6.04 Å². The van der Waals surface area contributed by atoms with Gasteiger partial charge in [0.15, 0.2) is 0 Å². The van der Waals surface area contributed by atoms with Crippen LogP contribution in [0.2, 0.25) is 0 Å². The van der Waals surface area contributed by atoms with Crippen LogP contribution in [0.25, 0.3) is 0 Å². The zero-order chi connectivity index (χ0) is 20.5. The molecule has 1 N–H and O–H groups in total. The van der Waals surface area contributed by atoms with Gasteiger partial charge >= 0.3 is 0 Å². The number of rotatable bonds is 5. The van der Waals surface area contributed by atoms with Crippen LogP contribution in [0.3, 0.4) is 0 Å². The molecular weight excluding hydrogens is 354 g/mol. The number of aromatic nitrogens is 4. The van der Waals surface area contributed by atoms with Crippen molar-refractivity contribution in [2.75, 3.05) is 7.11 Å². The molecule has 2 heterocycles. The van der Waals surface area contributed by atoms with Gasteiger partial charge in [-0.15, -0.1) is 0 Å². The second-order valence-electron chi connectivity index (χ2n) is 7.86. The highest BCUT2D eigenvalue weighted by molar-refractivity contribution is 5.93. The van der Waals surface area contributed by atoms with E-state index in [1.807, 2.05) is 48.1 Å². The predicted octanol–water partition coefficient (Wildman–Crippen LogP) is 2.98. The van der Waals surface area contributed by atoms with Crippen molar-refractivity contribution in [3.63, 3.8) is 0 Å². The summed E-state index contributed by atoms with van der Waals surface area (Å²) >= 11 is 0. The highest BCUT2D eigenvalue weighted by atomic mass is 16.5.